The maximum Gasteiger partial charge on any atom is 0.312 e. The van der Waals surface area contributed by atoms with Gasteiger partial charge in [0.15, 0.2) is 18.2 Å². The molecule has 1 aromatic carbocycles. The van der Waals surface area contributed by atoms with E-state index in [1.165, 1.54) is 7.11 Å². The molecule has 2 atom stereocenters. The van der Waals surface area contributed by atoms with E-state index in [0.29, 0.717) is 29.6 Å². The minimum atomic E-state index is -0.405. The van der Waals surface area contributed by atoms with Crippen molar-refractivity contribution in [3.63, 3.8) is 0 Å². The van der Waals surface area contributed by atoms with Crippen LogP contribution >= 0.6 is 0 Å². The van der Waals surface area contributed by atoms with Crippen molar-refractivity contribution in [1.82, 2.24) is 9.78 Å². The largest absolute Gasteiger partial charge is 0.493 e. The molecule has 3 rings (SSSR count). The summed E-state index contributed by atoms with van der Waals surface area (Å²) in [5, 5.41) is 15.7. The number of hydrogen-bond acceptors (Lipinski definition) is 7. The SMILES string of the molecule is COC(=O)C[C@@H]1c2cc(OC)c(OC)cc2CC[NH+]1Cn1nc(C)c([N+](=O)[O-])c1C. The van der Waals surface area contributed by atoms with Gasteiger partial charge in [0.1, 0.15) is 23.9 Å². The van der Waals surface area contributed by atoms with Crippen molar-refractivity contribution in [2.45, 2.75) is 39.4 Å². The number of ether oxygens (including phenoxy) is 3. The lowest BCUT2D eigenvalue weighted by atomic mass is 9.90. The van der Waals surface area contributed by atoms with Crippen molar-refractivity contribution in [3.8, 4) is 11.5 Å². The molecular weight excluding hydrogens is 392 g/mol. The molecule has 0 saturated carbocycles. The second-order valence-corrected chi connectivity index (χ2v) is 7.33. The van der Waals surface area contributed by atoms with E-state index in [2.05, 4.69) is 5.10 Å². The second-order valence-electron chi connectivity index (χ2n) is 7.33. The molecule has 0 spiro atoms. The third kappa shape index (κ3) is 3.95. The van der Waals surface area contributed by atoms with Crippen molar-refractivity contribution in [2.75, 3.05) is 27.9 Å². The van der Waals surface area contributed by atoms with Gasteiger partial charge in [0.05, 0.1) is 32.8 Å². The molecule has 0 aliphatic carbocycles. The summed E-state index contributed by atoms with van der Waals surface area (Å²) in [4.78, 5) is 24.2. The van der Waals surface area contributed by atoms with Crippen molar-refractivity contribution < 1.29 is 28.8 Å². The fourth-order valence-corrected chi connectivity index (χ4v) is 4.16. The number of nitrogens with zero attached hydrogens (tertiary/aromatic N) is 3. The summed E-state index contributed by atoms with van der Waals surface area (Å²) in [6, 6.07) is 3.65. The normalized spacial score (nSPS) is 17.9. The number of aryl methyl sites for hydroxylation is 1. The van der Waals surface area contributed by atoms with Crippen LogP contribution in [0.15, 0.2) is 12.1 Å². The molecule has 0 amide bonds. The number of rotatable bonds is 7. The lowest BCUT2D eigenvalue weighted by Crippen LogP contribution is -3.12. The lowest BCUT2D eigenvalue weighted by molar-refractivity contribution is -0.955. The molecule has 0 saturated heterocycles. The van der Waals surface area contributed by atoms with Gasteiger partial charge in [-0.15, -0.1) is 0 Å². The van der Waals surface area contributed by atoms with E-state index in [0.717, 1.165) is 29.0 Å². The first kappa shape index (κ1) is 21.6. The van der Waals surface area contributed by atoms with Gasteiger partial charge in [-0.2, -0.15) is 5.10 Å². The summed E-state index contributed by atoms with van der Waals surface area (Å²) in [6.45, 7) is 4.45. The minimum Gasteiger partial charge on any atom is -0.493 e. The van der Waals surface area contributed by atoms with Crippen LogP contribution in [-0.4, -0.2) is 48.5 Å². The maximum absolute atomic E-state index is 12.2. The quantitative estimate of drug-likeness (QED) is 0.407. The van der Waals surface area contributed by atoms with Crippen molar-refractivity contribution in [1.29, 1.82) is 0 Å². The summed E-state index contributed by atoms with van der Waals surface area (Å²) in [7, 11) is 4.53. The molecule has 1 aliphatic heterocycles. The van der Waals surface area contributed by atoms with Gasteiger partial charge in [0, 0.05) is 12.0 Å². The third-order valence-electron chi connectivity index (χ3n) is 5.71. The summed E-state index contributed by atoms with van der Waals surface area (Å²) < 4.78 is 17.5. The Kier molecular flexibility index (Phi) is 6.25. The van der Waals surface area contributed by atoms with E-state index >= 15 is 0 Å². The summed E-state index contributed by atoms with van der Waals surface area (Å²) in [5.41, 5.74) is 2.98. The van der Waals surface area contributed by atoms with Gasteiger partial charge in [-0.3, -0.25) is 14.9 Å². The molecule has 2 aromatic rings. The Morgan fingerprint density at radius 3 is 2.50 bits per heavy atom. The highest BCUT2D eigenvalue weighted by Crippen LogP contribution is 2.35. The highest BCUT2D eigenvalue weighted by molar-refractivity contribution is 5.70. The Morgan fingerprint density at radius 1 is 1.27 bits per heavy atom. The molecule has 2 heterocycles. The smallest absolute Gasteiger partial charge is 0.312 e. The number of esters is 1. The van der Waals surface area contributed by atoms with Crippen LogP contribution < -0.4 is 14.4 Å². The zero-order valence-corrected chi connectivity index (χ0v) is 17.9. The first-order valence-electron chi connectivity index (χ1n) is 9.65. The fraction of sp³-hybridized carbons (Fsp3) is 0.500. The molecule has 1 unspecified atom stereocenters. The lowest BCUT2D eigenvalue weighted by Gasteiger charge is -2.34. The number of nitrogens with one attached hydrogen (secondary N) is 1. The molecule has 0 radical (unpaired) electrons. The molecular formula is C20H27N4O6+. The monoisotopic (exact) mass is 419 g/mol. The van der Waals surface area contributed by atoms with E-state index in [9.17, 15) is 14.9 Å². The molecule has 10 nitrogen and oxygen atoms in total. The first-order chi connectivity index (χ1) is 14.3. The Hall–Kier alpha value is -3.14. The highest BCUT2D eigenvalue weighted by Gasteiger charge is 2.36. The summed E-state index contributed by atoms with van der Waals surface area (Å²) in [5.74, 6) is 0.916. The summed E-state index contributed by atoms with van der Waals surface area (Å²) in [6.07, 6.45) is 0.944. The minimum absolute atomic E-state index is 0.0303. The zero-order chi connectivity index (χ0) is 22.0. The van der Waals surface area contributed by atoms with E-state index in [1.807, 2.05) is 12.1 Å². The Morgan fingerprint density at radius 2 is 1.93 bits per heavy atom. The van der Waals surface area contributed by atoms with Gasteiger partial charge < -0.3 is 19.1 Å². The zero-order valence-electron chi connectivity index (χ0n) is 17.9. The van der Waals surface area contributed by atoms with Gasteiger partial charge >= 0.3 is 11.7 Å². The molecule has 10 heteroatoms. The Bertz CT molecular complexity index is 971. The number of fused-ring (bicyclic) bond motifs is 1. The van der Waals surface area contributed by atoms with Crippen LogP contribution in [0.5, 0.6) is 11.5 Å². The Balaban J connectivity index is 2.00. The van der Waals surface area contributed by atoms with Gasteiger partial charge in [-0.25, -0.2) is 4.68 Å². The topological polar surface area (TPSA) is 110 Å². The van der Waals surface area contributed by atoms with E-state index in [4.69, 9.17) is 14.2 Å². The predicted octanol–water partition coefficient (Wildman–Crippen LogP) is 1.13. The van der Waals surface area contributed by atoms with Gasteiger partial charge in [0.25, 0.3) is 0 Å². The number of nitro groups is 1. The first-order valence-corrected chi connectivity index (χ1v) is 9.65. The van der Waals surface area contributed by atoms with Crippen molar-refractivity contribution >= 4 is 11.7 Å². The number of methoxy groups -OCH3 is 3. The average Bonchev–Trinajstić information content (AvgIpc) is 3.01. The second kappa shape index (κ2) is 8.70. The van der Waals surface area contributed by atoms with E-state index < -0.39 is 4.92 Å². The maximum atomic E-state index is 12.2. The Labute approximate surface area is 174 Å². The fourth-order valence-electron chi connectivity index (χ4n) is 4.16. The van der Waals surface area contributed by atoms with E-state index in [1.54, 1.807) is 32.7 Å². The number of carbonyl (C=O) groups is 1. The average molecular weight is 419 g/mol. The molecule has 162 valence electrons. The van der Waals surface area contributed by atoms with Gasteiger partial charge in [-0.05, 0) is 31.5 Å². The van der Waals surface area contributed by atoms with Crippen molar-refractivity contribution in [2.24, 2.45) is 0 Å². The molecule has 1 N–H and O–H groups in total. The third-order valence-corrected chi connectivity index (χ3v) is 5.71. The number of carbonyl (C=O) groups excluding carboxylic acids is 1. The van der Waals surface area contributed by atoms with Crippen LogP contribution in [0.3, 0.4) is 0 Å². The number of quaternary nitrogens is 1. The summed E-state index contributed by atoms with van der Waals surface area (Å²) >= 11 is 0. The predicted molar refractivity (Wildman–Crippen MR) is 107 cm³/mol. The van der Waals surface area contributed by atoms with Gasteiger partial charge in [0.2, 0.25) is 0 Å². The number of aromatic nitrogens is 2. The van der Waals surface area contributed by atoms with Crippen LogP contribution in [0.25, 0.3) is 0 Å². The highest BCUT2D eigenvalue weighted by atomic mass is 16.6. The standard InChI is InChI=1S/C20H26N4O6/c1-12-20(24(26)27)13(2)23(21-12)11-22-7-6-14-8-17(28-3)18(29-4)9-15(14)16(22)10-19(25)30-5/h8-9,16H,6-7,10-11H2,1-5H3/p+1/t16-/m1/s1. The van der Waals surface area contributed by atoms with Crippen LogP contribution in [0.1, 0.15) is 35.0 Å². The molecule has 1 aromatic heterocycles. The van der Waals surface area contributed by atoms with Crippen molar-refractivity contribution in [3.05, 3.63) is 44.8 Å². The number of hydrogen-bond donors (Lipinski definition) is 1. The number of benzene rings is 1. The molecule has 0 bridgehead atoms. The van der Waals surface area contributed by atoms with Crippen LogP contribution in [-0.2, 0) is 22.6 Å². The van der Waals surface area contributed by atoms with Crippen LogP contribution in [0, 0.1) is 24.0 Å². The van der Waals surface area contributed by atoms with Crippen LogP contribution in [0.4, 0.5) is 5.69 Å². The molecule has 1 aliphatic rings. The molecule has 0 fully saturated rings. The van der Waals surface area contributed by atoms with E-state index in [-0.39, 0.29) is 24.1 Å². The van der Waals surface area contributed by atoms with Gasteiger partial charge in [-0.1, -0.05) is 0 Å². The van der Waals surface area contributed by atoms with Crippen LogP contribution in [0.2, 0.25) is 0 Å². The molecule has 30 heavy (non-hydrogen) atoms.